The fourth-order valence-corrected chi connectivity index (χ4v) is 4.70. The fourth-order valence-electron chi connectivity index (χ4n) is 4.06. The van der Waals surface area contributed by atoms with Gasteiger partial charge in [-0.1, -0.05) is 69.5 Å². The number of rotatable bonds is 4. The first-order valence-electron chi connectivity index (χ1n) is 9.81. The zero-order valence-electron chi connectivity index (χ0n) is 16.5. The Balaban J connectivity index is 1.68. The molecule has 0 saturated carbocycles. The van der Waals surface area contributed by atoms with Crippen LogP contribution in [-0.2, 0) is 6.54 Å². The topological polar surface area (TPSA) is 69.2 Å². The molecular weight excluding hydrogens is 513 g/mol. The van der Waals surface area contributed by atoms with Gasteiger partial charge in [-0.25, -0.2) is 0 Å². The Morgan fingerprint density at radius 1 is 1.06 bits per heavy atom. The van der Waals surface area contributed by atoms with Gasteiger partial charge in [0.05, 0.1) is 6.04 Å². The number of hydrogen-bond donors (Lipinski definition) is 2. The number of halogens is 3. The normalized spacial score (nSPS) is 15.3. The van der Waals surface area contributed by atoms with Gasteiger partial charge in [0.25, 0.3) is 5.91 Å². The van der Waals surface area contributed by atoms with E-state index in [0.29, 0.717) is 39.1 Å². The molecule has 0 spiro atoms. The number of nitrogens with one attached hydrogen (secondary N) is 1. The van der Waals surface area contributed by atoms with Gasteiger partial charge in [0.1, 0.15) is 17.1 Å². The number of carbonyl (C=O) groups excluding carboxylic acids is 1. The Labute approximate surface area is 202 Å². The Kier molecular flexibility index (Phi) is 5.45. The van der Waals surface area contributed by atoms with Gasteiger partial charge in [0.2, 0.25) is 0 Å². The van der Waals surface area contributed by atoms with E-state index >= 15 is 0 Å². The molecule has 160 valence electrons. The summed E-state index contributed by atoms with van der Waals surface area (Å²) in [5.41, 5.74) is 3.79. The smallest absolute Gasteiger partial charge is 0.273 e. The second-order valence-corrected chi connectivity index (χ2v) is 9.26. The van der Waals surface area contributed by atoms with Gasteiger partial charge in [-0.05, 0) is 47.5 Å². The van der Waals surface area contributed by atoms with Crippen molar-refractivity contribution < 1.29 is 9.90 Å². The summed E-state index contributed by atoms with van der Waals surface area (Å²) < 4.78 is 0.934. The van der Waals surface area contributed by atoms with Gasteiger partial charge in [-0.2, -0.15) is 5.10 Å². The van der Waals surface area contributed by atoms with Gasteiger partial charge < -0.3 is 10.0 Å². The van der Waals surface area contributed by atoms with E-state index in [1.54, 1.807) is 17.0 Å². The number of fused-ring (bicyclic) bond motifs is 1. The first-order chi connectivity index (χ1) is 15.4. The average molecular weight is 529 g/mol. The lowest BCUT2D eigenvalue weighted by Gasteiger charge is -2.27. The van der Waals surface area contributed by atoms with Crippen molar-refractivity contribution in [3.63, 3.8) is 0 Å². The summed E-state index contributed by atoms with van der Waals surface area (Å²) in [5.74, 6) is -0.150. The number of phenols is 1. The summed E-state index contributed by atoms with van der Waals surface area (Å²) >= 11 is 16.1. The molecule has 1 atom stereocenters. The number of nitrogens with zero attached hydrogens (tertiary/aromatic N) is 2. The zero-order valence-corrected chi connectivity index (χ0v) is 19.6. The summed E-state index contributed by atoms with van der Waals surface area (Å²) in [6.45, 7) is 0.322. The van der Waals surface area contributed by atoms with E-state index in [9.17, 15) is 9.90 Å². The number of aromatic amines is 1. The van der Waals surface area contributed by atoms with Gasteiger partial charge in [0.15, 0.2) is 0 Å². The van der Waals surface area contributed by atoms with E-state index < -0.39 is 6.04 Å². The molecule has 5 rings (SSSR count). The fraction of sp³-hybridized carbons (Fsp3) is 0.0833. The predicted octanol–water partition coefficient (Wildman–Crippen LogP) is 6.60. The monoisotopic (exact) mass is 527 g/mol. The van der Waals surface area contributed by atoms with Crippen LogP contribution in [0.3, 0.4) is 0 Å². The summed E-state index contributed by atoms with van der Waals surface area (Å²) in [5, 5.41) is 18.8. The van der Waals surface area contributed by atoms with Crippen molar-refractivity contribution in [2.24, 2.45) is 0 Å². The van der Waals surface area contributed by atoms with Crippen molar-refractivity contribution in [2.45, 2.75) is 12.6 Å². The Morgan fingerprint density at radius 2 is 1.81 bits per heavy atom. The minimum absolute atomic E-state index is 0.0373. The van der Waals surface area contributed by atoms with Crippen LogP contribution >= 0.6 is 39.1 Å². The summed E-state index contributed by atoms with van der Waals surface area (Å²) in [7, 11) is 0. The number of benzene rings is 3. The number of aromatic nitrogens is 2. The zero-order chi connectivity index (χ0) is 22.4. The van der Waals surface area contributed by atoms with E-state index in [0.717, 1.165) is 15.6 Å². The molecule has 0 fully saturated rings. The lowest BCUT2D eigenvalue weighted by atomic mass is 9.95. The van der Waals surface area contributed by atoms with Gasteiger partial charge >= 0.3 is 0 Å². The van der Waals surface area contributed by atoms with Crippen LogP contribution in [0.2, 0.25) is 10.0 Å². The van der Waals surface area contributed by atoms with E-state index in [1.807, 2.05) is 48.5 Å². The molecule has 1 aliphatic heterocycles. The molecular formula is C24H16BrCl2N3O2. The Hall–Kier alpha value is -2.80. The molecule has 32 heavy (non-hydrogen) atoms. The van der Waals surface area contributed by atoms with Gasteiger partial charge in [-0.3, -0.25) is 9.89 Å². The number of amides is 1. The number of H-pyrrole nitrogens is 1. The SMILES string of the molecule is O=C1c2[nH]nc(-c3cc(Cl)ccc3O)c2C(c2ccc(Br)cc2)N1Cc1ccccc1Cl. The van der Waals surface area contributed by atoms with Crippen molar-refractivity contribution in [1.29, 1.82) is 0 Å². The minimum Gasteiger partial charge on any atom is -0.507 e. The van der Waals surface area contributed by atoms with Crippen LogP contribution in [0, 0.1) is 0 Å². The molecule has 0 bridgehead atoms. The second kappa shape index (κ2) is 8.28. The highest BCUT2D eigenvalue weighted by Crippen LogP contribution is 2.45. The van der Waals surface area contributed by atoms with Crippen LogP contribution in [0.15, 0.2) is 71.2 Å². The maximum Gasteiger partial charge on any atom is 0.273 e. The summed E-state index contributed by atoms with van der Waals surface area (Å²) in [6, 6.07) is 19.6. The average Bonchev–Trinajstić information content (AvgIpc) is 3.32. The van der Waals surface area contributed by atoms with Gasteiger partial charge in [-0.15, -0.1) is 0 Å². The molecule has 1 amide bonds. The van der Waals surface area contributed by atoms with Crippen LogP contribution < -0.4 is 0 Å². The van der Waals surface area contributed by atoms with Crippen molar-refractivity contribution in [3.8, 4) is 17.0 Å². The lowest BCUT2D eigenvalue weighted by molar-refractivity contribution is 0.0730. The number of aromatic hydroxyl groups is 1. The quantitative estimate of drug-likeness (QED) is 0.313. The second-order valence-electron chi connectivity index (χ2n) is 7.50. The molecule has 0 radical (unpaired) electrons. The minimum atomic E-state index is -0.422. The number of phenolic OH excluding ortho intramolecular Hbond substituents is 1. The van der Waals surface area contributed by atoms with Crippen molar-refractivity contribution in [3.05, 3.63) is 104 Å². The molecule has 0 saturated heterocycles. The highest BCUT2D eigenvalue weighted by atomic mass is 79.9. The highest BCUT2D eigenvalue weighted by Gasteiger charge is 2.42. The van der Waals surface area contributed by atoms with Crippen molar-refractivity contribution >= 4 is 45.0 Å². The van der Waals surface area contributed by atoms with Crippen LogP contribution in [0.25, 0.3) is 11.3 Å². The third-order valence-electron chi connectivity index (χ3n) is 5.56. The van der Waals surface area contributed by atoms with E-state index in [4.69, 9.17) is 23.2 Å². The van der Waals surface area contributed by atoms with Crippen LogP contribution in [0.1, 0.15) is 33.2 Å². The summed E-state index contributed by atoms with van der Waals surface area (Å²) in [4.78, 5) is 15.2. The molecule has 4 aromatic rings. The van der Waals surface area contributed by atoms with E-state index in [1.165, 1.54) is 6.07 Å². The van der Waals surface area contributed by atoms with Crippen LogP contribution in [0.5, 0.6) is 5.75 Å². The molecule has 2 heterocycles. The predicted molar refractivity (Wildman–Crippen MR) is 128 cm³/mol. The molecule has 1 unspecified atom stereocenters. The van der Waals surface area contributed by atoms with Crippen molar-refractivity contribution in [1.82, 2.24) is 15.1 Å². The molecule has 5 nitrogen and oxygen atoms in total. The molecule has 2 N–H and O–H groups in total. The Morgan fingerprint density at radius 3 is 2.56 bits per heavy atom. The molecule has 1 aromatic heterocycles. The lowest BCUT2D eigenvalue weighted by Crippen LogP contribution is -2.29. The molecule has 0 aliphatic carbocycles. The number of carbonyl (C=O) groups is 1. The van der Waals surface area contributed by atoms with E-state index in [2.05, 4.69) is 26.1 Å². The molecule has 3 aromatic carbocycles. The maximum atomic E-state index is 13.5. The van der Waals surface area contributed by atoms with Crippen molar-refractivity contribution in [2.75, 3.05) is 0 Å². The molecule has 1 aliphatic rings. The standard InChI is InChI=1S/C24H16BrCl2N3O2/c25-15-7-5-13(6-8-15)23-20-21(17-11-16(26)9-10-19(17)31)28-29-22(20)24(32)30(23)12-14-3-1-2-4-18(14)27/h1-11,23,31H,12H2,(H,28,29). The molecule has 8 heteroatoms. The summed E-state index contributed by atoms with van der Waals surface area (Å²) in [6.07, 6.45) is 0. The third kappa shape index (κ3) is 3.58. The van der Waals surface area contributed by atoms with E-state index in [-0.39, 0.29) is 11.7 Å². The highest BCUT2D eigenvalue weighted by molar-refractivity contribution is 9.10. The first-order valence-corrected chi connectivity index (χ1v) is 11.4. The van der Waals surface area contributed by atoms with Crippen LogP contribution in [-0.4, -0.2) is 26.1 Å². The van der Waals surface area contributed by atoms with Gasteiger partial charge in [0, 0.05) is 32.2 Å². The Bertz CT molecular complexity index is 1340. The first kappa shape index (κ1) is 21.1. The number of hydrogen-bond acceptors (Lipinski definition) is 3. The van der Waals surface area contributed by atoms with Crippen LogP contribution in [0.4, 0.5) is 0 Å². The largest absolute Gasteiger partial charge is 0.507 e. The maximum absolute atomic E-state index is 13.5. The third-order valence-corrected chi connectivity index (χ3v) is 6.69.